The van der Waals surface area contributed by atoms with Crippen molar-refractivity contribution >= 4 is 11.8 Å². The molecule has 0 radical (unpaired) electrons. The van der Waals surface area contributed by atoms with Crippen LogP contribution >= 0.6 is 0 Å². The summed E-state index contributed by atoms with van der Waals surface area (Å²) in [6.45, 7) is 7.80. The monoisotopic (exact) mass is 409 g/mol. The van der Waals surface area contributed by atoms with Crippen molar-refractivity contribution in [3.8, 4) is 17.2 Å². The molecule has 0 heterocycles. The molecule has 7 nitrogen and oxygen atoms in total. The third-order valence-electron chi connectivity index (χ3n) is 4.24. The molecule has 1 unspecified atom stereocenters. The molecule has 1 aromatic rings. The Bertz CT molecular complexity index is 617. The van der Waals surface area contributed by atoms with Crippen LogP contribution in [0.2, 0.25) is 0 Å². The lowest BCUT2D eigenvalue weighted by Gasteiger charge is -2.19. The second kappa shape index (κ2) is 13.8. The summed E-state index contributed by atoms with van der Waals surface area (Å²) in [7, 11) is 0. The highest BCUT2D eigenvalue weighted by Gasteiger charge is 2.29. The van der Waals surface area contributed by atoms with Crippen molar-refractivity contribution in [3.63, 3.8) is 0 Å². The lowest BCUT2D eigenvalue weighted by molar-refractivity contribution is -0.140. The molecule has 164 valence electrons. The normalized spacial score (nSPS) is 11.7. The van der Waals surface area contributed by atoms with Crippen LogP contribution in [0.5, 0.6) is 17.2 Å². The van der Waals surface area contributed by atoms with Gasteiger partial charge in [-0.3, -0.25) is 9.59 Å². The van der Waals surface area contributed by atoms with Crippen LogP contribution in [0.25, 0.3) is 0 Å². The van der Waals surface area contributed by atoms with Crippen LogP contribution in [0, 0.1) is 5.92 Å². The Balaban J connectivity index is 3.31. The Morgan fingerprint density at radius 1 is 0.931 bits per heavy atom. The molecule has 1 rings (SSSR count). The van der Waals surface area contributed by atoms with E-state index >= 15 is 0 Å². The molecule has 0 spiro atoms. The predicted molar refractivity (Wildman–Crippen MR) is 112 cm³/mol. The first kappa shape index (κ1) is 24.8. The molecule has 0 amide bonds. The maximum Gasteiger partial charge on any atom is 0.314 e. The van der Waals surface area contributed by atoms with Crippen molar-refractivity contribution < 1.29 is 28.9 Å². The van der Waals surface area contributed by atoms with Gasteiger partial charge in [-0.1, -0.05) is 27.2 Å². The van der Waals surface area contributed by atoms with Gasteiger partial charge in [0.15, 0.2) is 17.3 Å². The number of nitrogens with two attached hydrogens (primary N) is 1. The molecule has 1 atom stereocenters. The zero-order chi connectivity index (χ0) is 21.6. The average Bonchev–Trinajstić information content (AvgIpc) is 2.71. The highest BCUT2D eigenvalue weighted by molar-refractivity contribution is 6.08. The first-order valence-electron chi connectivity index (χ1n) is 10.5. The second-order valence-corrected chi connectivity index (χ2v) is 6.89. The van der Waals surface area contributed by atoms with Gasteiger partial charge in [-0.15, -0.1) is 0 Å². The van der Waals surface area contributed by atoms with Gasteiger partial charge in [0, 0.05) is 5.56 Å². The molecule has 0 fully saturated rings. The van der Waals surface area contributed by atoms with Gasteiger partial charge in [-0.25, -0.2) is 0 Å². The number of carboxylic acid groups (broad SMARTS) is 1. The topological polar surface area (TPSA) is 108 Å². The van der Waals surface area contributed by atoms with Gasteiger partial charge in [0.05, 0.1) is 19.8 Å². The summed E-state index contributed by atoms with van der Waals surface area (Å²) in [4.78, 5) is 24.7. The van der Waals surface area contributed by atoms with Crippen LogP contribution in [0.4, 0.5) is 0 Å². The van der Waals surface area contributed by atoms with E-state index in [0.717, 1.165) is 19.3 Å². The smallest absolute Gasteiger partial charge is 0.314 e. The molecule has 0 saturated carbocycles. The summed E-state index contributed by atoms with van der Waals surface area (Å²) >= 11 is 0. The fourth-order valence-electron chi connectivity index (χ4n) is 2.76. The summed E-state index contributed by atoms with van der Waals surface area (Å²) in [5.74, 6) is -1.45. The van der Waals surface area contributed by atoms with Crippen molar-refractivity contribution in [1.29, 1.82) is 0 Å². The molecule has 0 aliphatic heterocycles. The van der Waals surface area contributed by atoms with Gasteiger partial charge in [-0.05, 0) is 50.8 Å². The average molecular weight is 410 g/mol. The zero-order valence-corrected chi connectivity index (χ0v) is 17.9. The van der Waals surface area contributed by atoms with Crippen LogP contribution in [0.3, 0.4) is 0 Å². The number of hydrogen-bond donors (Lipinski definition) is 2. The quantitative estimate of drug-likeness (QED) is 0.241. The number of carbonyl (C=O) groups excluding carboxylic acids is 1. The number of Topliss-reactive ketones (excluding diaryl/α,β-unsaturated/α-hetero) is 1. The number of aliphatic carboxylic acids is 1. The number of ether oxygens (including phenoxy) is 3. The number of benzene rings is 1. The summed E-state index contributed by atoms with van der Waals surface area (Å²) in [6, 6.07) is 3.14. The highest BCUT2D eigenvalue weighted by Crippen LogP contribution is 2.40. The van der Waals surface area contributed by atoms with E-state index in [4.69, 9.17) is 19.9 Å². The van der Waals surface area contributed by atoms with Crippen molar-refractivity contribution in [1.82, 2.24) is 0 Å². The fourth-order valence-corrected chi connectivity index (χ4v) is 2.76. The SMILES string of the molecule is CCCOc1cc(C(=O)C(CCCCN)C(=O)O)cc(OCCC)c1OCCC. The molecule has 0 aromatic heterocycles. The van der Waals surface area contributed by atoms with E-state index in [2.05, 4.69) is 0 Å². The number of rotatable bonds is 16. The number of unbranched alkanes of at least 4 members (excludes halogenated alkanes) is 1. The molecule has 0 saturated heterocycles. The molecule has 7 heteroatoms. The molecule has 29 heavy (non-hydrogen) atoms. The van der Waals surface area contributed by atoms with Crippen molar-refractivity contribution in [2.24, 2.45) is 11.7 Å². The van der Waals surface area contributed by atoms with Crippen LogP contribution in [-0.4, -0.2) is 43.2 Å². The third kappa shape index (κ3) is 7.93. The van der Waals surface area contributed by atoms with Gasteiger partial charge in [0.2, 0.25) is 5.75 Å². The Morgan fingerprint density at radius 3 is 1.90 bits per heavy atom. The van der Waals surface area contributed by atoms with Gasteiger partial charge < -0.3 is 25.1 Å². The molecule has 1 aromatic carbocycles. The van der Waals surface area contributed by atoms with E-state index in [1.165, 1.54) is 0 Å². The summed E-state index contributed by atoms with van der Waals surface area (Å²) in [5, 5.41) is 9.56. The largest absolute Gasteiger partial charge is 0.490 e. The first-order valence-corrected chi connectivity index (χ1v) is 10.5. The maximum atomic E-state index is 13.0. The number of carbonyl (C=O) groups is 2. The van der Waals surface area contributed by atoms with E-state index < -0.39 is 17.7 Å². The van der Waals surface area contributed by atoms with Gasteiger partial charge >= 0.3 is 5.97 Å². The van der Waals surface area contributed by atoms with E-state index in [9.17, 15) is 14.7 Å². The van der Waals surface area contributed by atoms with Crippen molar-refractivity contribution in [2.75, 3.05) is 26.4 Å². The van der Waals surface area contributed by atoms with E-state index in [1.807, 2.05) is 20.8 Å². The van der Waals surface area contributed by atoms with Crippen LogP contribution in [-0.2, 0) is 4.79 Å². The number of hydrogen-bond acceptors (Lipinski definition) is 6. The van der Waals surface area contributed by atoms with E-state index in [0.29, 0.717) is 56.5 Å². The minimum atomic E-state index is -1.13. The fraction of sp³-hybridized carbons (Fsp3) is 0.636. The predicted octanol–water partition coefficient (Wildman–Crippen LogP) is 4.07. The van der Waals surface area contributed by atoms with Crippen LogP contribution < -0.4 is 19.9 Å². The van der Waals surface area contributed by atoms with Gasteiger partial charge in [0.1, 0.15) is 5.92 Å². The minimum absolute atomic E-state index is 0.246. The highest BCUT2D eigenvalue weighted by atomic mass is 16.5. The molecule has 0 aliphatic rings. The summed E-state index contributed by atoms with van der Waals surface area (Å²) in [5.41, 5.74) is 5.74. The lowest BCUT2D eigenvalue weighted by atomic mass is 9.92. The third-order valence-corrected chi connectivity index (χ3v) is 4.24. The molecular weight excluding hydrogens is 374 g/mol. The van der Waals surface area contributed by atoms with Crippen LogP contribution in [0.15, 0.2) is 12.1 Å². The number of carboxylic acids is 1. The van der Waals surface area contributed by atoms with Crippen molar-refractivity contribution in [2.45, 2.75) is 59.3 Å². The first-order chi connectivity index (χ1) is 14.0. The van der Waals surface area contributed by atoms with E-state index in [1.54, 1.807) is 12.1 Å². The molecule has 0 bridgehead atoms. The van der Waals surface area contributed by atoms with Crippen molar-refractivity contribution in [3.05, 3.63) is 17.7 Å². The standard InChI is InChI=1S/C22H35NO6/c1-4-11-27-18-14-16(20(24)17(22(25)26)9-7-8-10-23)15-19(28-12-5-2)21(18)29-13-6-3/h14-15,17H,4-13,23H2,1-3H3,(H,25,26). The van der Waals surface area contributed by atoms with Crippen LogP contribution in [0.1, 0.15) is 69.7 Å². The Morgan fingerprint density at radius 2 is 1.45 bits per heavy atom. The molecule has 0 aliphatic carbocycles. The van der Waals surface area contributed by atoms with E-state index in [-0.39, 0.29) is 12.0 Å². The minimum Gasteiger partial charge on any atom is -0.490 e. The lowest BCUT2D eigenvalue weighted by Crippen LogP contribution is -2.24. The number of ketones is 1. The Kier molecular flexibility index (Phi) is 11.8. The summed E-state index contributed by atoms with van der Waals surface area (Å²) in [6.07, 6.45) is 3.88. The van der Waals surface area contributed by atoms with Gasteiger partial charge in [0.25, 0.3) is 0 Å². The molecular formula is C22H35NO6. The Hall–Kier alpha value is -2.28. The summed E-state index contributed by atoms with van der Waals surface area (Å²) < 4.78 is 17.5. The second-order valence-electron chi connectivity index (χ2n) is 6.89. The zero-order valence-electron chi connectivity index (χ0n) is 17.9. The Labute approximate surface area is 173 Å². The van der Waals surface area contributed by atoms with Gasteiger partial charge in [-0.2, -0.15) is 0 Å². The maximum absolute atomic E-state index is 13.0. The molecule has 3 N–H and O–H groups in total.